The summed E-state index contributed by atoms with van der Waals surface area (Å²) in [7, 11) is 0. The molecule has 3 nitrogen and oxygen atoms in total. The maximum Gasteiger partial charge on any atom is 0.165 e. The van der Waals surface area contributed by atoms with Crippen molar-refractivity contribution in [2.45, 2.75) is 13.5 Å². The summed E-state index contributed by atoms with van der Waals surface area (Å²) in [6.45, 7) is 2.92. The Balaban J connectivity index is 2.10. The van der Waals surface area contributed by atoms with Gasteiger partial charge in [-0.1, -0.05) is 30.3 Å². The van der Waals surface area contributed by atoms with E-state index in [9.17, 15) is 5.11 Å². The van der Waals surface area contributed by atoms with Crippen LogP contribution in [0.25, 0.3) is 0 Å². The maximum absolute atomic E-state index is 9.47. The van der Waals surface area contributed by atoms with E-state index < -0.39 is 0 Å². The second kappa shape index (κ2) is 5.96. The Morgan fingerprint density at radius 3 is 2.44 bits per heavy atom. The Morgan fingerprint density at radius 2 is 1.72 bits per heavy atom. The van der Waals surface area contributed by atoms with E-state index in [1.807, 2.05) is 37.3 Å². The second-order valence-corrected chi connectivity index (χ2v) is 3.84. The number of hydrogen-bond acceptors (Lipinski definition) is 3. The molecule has 94 valence electrons. The van der Waals surface area contributed by atoms with E-state index in [0.717, 1.165) is 5.56 Å². The molecule has 0 spiro atoms. The molecule has 0 bridgehead atoms. The van der Waals surface area contributed by atoms with Gasteiger partial charge in [-0.25, -0.2) is 0 Å². The van der Waals surface area contributed by atoms with Crippen molar-refractivity contribution in [2.75, 3.05) is 6.61 Å². The van der Waals surface area contributed by atoms with Crippen LogP contribution in [0.1, 0.15) is 12.5 Å². The Labute approximate surface area is 107 Å². The fourth-order valence-electron chi connectivity index (χ4n) is 1.62. The Bertz CT molecular complexity index is 494. The molecule has 0 saturated heterocycles. The average molecular weight is 244 g/mol. The van der Waals surface area contributed by atoms with Crippen LogP contribution in [0.2, 0.25) is 0 Å². The number of phenols is 1. The van der Waals surface area contributed by atoms with Crippen LogP contribution in [0, 0.1) is 0 Å². The first-order chi connectivity index (χ1) is 8.79. The molecule has 2 rings (SSSR count). The zero-order valence-electron chi connectivity index (χ0n) is 10.3. The van der Waals surface area contributed by atoms with Crippen molar-refractivity contribution < 1.29 is 14.6 Å². The van der Waals surface area contributed by atoms with Crippen molar-refractivity contribution in [3.05, 3.63) is 54.1 Å². The van der Waals surface area contributed by atoms with Crippen LogP contribution in [-0.4, -0.2) is 11.7 Å². The number of ether oxygens (including phenoxy) is 2. The van der Waals surface area contributed by atoms with Crippen LogP contribution in [-0.2, 0) is 6.61 Å². The molecular formula is C15H16O3. The third-order valence-electron chi connectivity index (χ3n) is 2.46. The molecular weight excluding hydrogens is 228 g/mol. The summed E-state index contributed by atoms with van der Waals surface area (Å²) in [5.74, 6) is 1.37. The third kappa shape index (κ3) is 3.17. The van der Waals surface area contributed by atoms with Crippen molar-refractivity contribution in [1.29, 1.82) is 0 Å². The Morgan fingerprint density at radius 1 is 0.944 bits per heavy atom. The van der Waals surface area contributed by atoms with Gasteiger partial charge in [0.05, 0.1) is 6.61 Å². The average Bonchev–Trinajstić information content (AvgIpc) is 2.40. The SMILES string of the molecule is CCOc1ccc(O)cc1OCc1ccccc1. The lowest BCUT2D eigenvalue weighted by Gasteiger charge is -2.12. The van der Waals surface area contributed by atoms with Gasteiger partial charge in [-0.05, 0) is 24.6 Å². The normalized spacial score (nSPS) is 10.1. The number of rotatable bonds is 5. The second-order valence-electron chi connectivity index (χ2n) is 3.84. The molecule has 0 aromatic heterocycles. The molecule has 0 aliphatic rings. The lowest BCUT2D eigenvalue weighted by Crippen LogP contribution is -1.99. The van der Waals surface area contributed by atoms with Gasteiger partial charge in [-0.2, -0.15) is 0 Å². The topological polar surface area (TPSA) is 38.7 Å². The predicted molar refractivity (Wildman–Crippen MR) is 70.0 cm³/mol. The van der Waals surface area contributed by atoms with Crippen molar-refractivity contribution in [2.24, 2.45) is 0 Å². The summed E-state index contributed by atoms with van der Waals surface area (Å²) in [4.78, 5) is 0. The van der Waals surface area contributed by atoms with Gasteiger partial charge in [0.1, 0.15) is 12.4 Å². The molecule has 0 aliphatic carbocycles. The summed E-state index contributed by atoms with van der Waals surface area (Å²) >= 11 is 0. The lowest BCUT2D eigenvalue weighted by atomic mass is 10.2. The van der Waals surface area contributed by atoms with Gasteiger partial charge >= 0.3 is 0 Å². The van der Waals surface area contributed by atoms with E-state index in [2.05, 4.69) is 0 Å². The third-order valence-corrected chi connectivity index (χ3v) is 2.46. The number of phenolic OH excluding ortho intramolecular Hbond substituents is 1. The van der Waals surface area contributed by atoms with Crippen LogP contribution in [0.3, 0.4) is 0 Å². The van der Waals surface area contributed by atoms with Crippen molar-refractivity contribution in [3.63, 3.8) is 0 Å². The zero-order valence-corrected chi connectivity index (χ0v) is 10.3. The first-order valence-corrected chi connectivity index (χ1v) is 5.92. The van der Waals surface area contributed by atoms with E-state index in [1.54, 1.807) is 18.2 Å². The largest absolute Gasteiger partial charge is 0.508 e. The molecule has 3 heteroatoms. The smallest absolute Gasteiger partial charge is 0.165 e. The minimum absolute atomic E-state index is 0.168. The van der Waals surface area contributed by atoms with E-state index in [-0.39, 0.29) is 5.75 Å². The van der Waals surface area contributed by atoms with E-state index >= 15 is 0 Å². The lowest BCUT2D eigenvalue weighted by molar-refractivity contribution is 0.267. The zero-order chi connectivity index (χ0) is 12.8. The van der Waals surface area contributed by atoms with Crippen LogP contribution < -0.4 is 9.47 Å². The number of hydrogen-bond donors (Lipinski definition) is 1. The summed E-state index contributed by atoms with van der Waals surface area (Å²) < 4.78 is 11.1. The van der Waals surface area contributed by atoms with Gasteiger partial charge in [-0.15, -0.1) is 0 Å². The van der Waals surface area contributed by atoms with Crippen LogP contribution in [0.4, 0.5) is 0 Å². The number of aromatic hydroxyl groups is 1. The van der Waals surface area contributed by atoms with Crippen molar-refractivity contribution in [1.82, 2.24) is 0 Å². The molecule has 2 aromatic rings. The molecule has 0 heterocycles. The minimum Gasteiger partial charge on any atom is -0.508 e. The molecule has 0 unspecified atom stereocenters. The Kier molecular flexibility index (Phi) is 4.07. The van der Waals surface area contributed by atoms with E-state index in [1.165, 1.54) is 0 Å². The van der Waals surface area contributed by atoms with E-state index in [4.69, 9.17) is 9.47 Å². The summed E-state index contributed by atoms with van der Waals surface area (Å²) in [5, 5.41) is 9.47. The standard InChI is InChI=1S/C15H16O3/c1-2-17-14-9-8-13(16)10-15(14)18-11-12-6-4-3-5-7-12/h3-10,16H,2,11H2,1H3. The molecule has 0 amide bonds. The molecule has 0 atom stereocenters. The molecule has 0 radical (unpaired) electrons. The highest BCUT2D eigenvalue weighted by atomic mass is 16.5. The van der Waals surface area contributed by atoms with Crippen LogP contribution >= 0.6 is 0 Å². The van der Waals surface area contributed by atoms with Crippen LogP contribution in [0.15, 0.2) is 48.5 Å². The van der Waals surface area contributed by atoms with E-state index in [0.29, 0.717) is 24.7 Å². The van der Waals surface area contributed by atoms with Gasteiger partial charge in [0.2, 0.25) is 0 Å². The van der Waals surface area contributed by atoms with Gasteiger partial charge < -0.3 is 14.6 Å². The molecule has 0 saturated carbocycles. The monoisotopic (exact) mass is 244 g/mol. The van der Waals surface area contributed by atoms with Gasteiger partial charge in [0.15, 0.2) is 11.5 Å². The van der Waals surface area contributed by atoms with Gasteiger partial charge in [0, 0.05) is 6.07 Å². The molecule has 0 fully saturated rings. The first kappa shape index (κ1) is 12.3. The summed E-state index contributed by atoms with van der Waals surface area (Å²) in [6, 6.07) is 14.7. The Hall–Kier alpha value is -2.16. The summed E-state index contributed by atoms with van der Waals surface area (Å²) in [6.07, 6.45) is 0. The van der Waals surface area contributed by atoms with Gasteiger partial charge in [0.25, 0.3) is 0 Å². The van der Waals surface area contributed by atoms with Crippen molar-refractivity contribution >= 4 is 0 Å². The van der Waals surface area contributed by atoms with Gasteiger partial charge in [-0.3, -0.25) is 0 Å². The molecule has 1 N–H and O–H groups in total. The van der Waals surface area contributed by atoms with Crippen LogP contribution in [0.5, 0.6) is 17.2 Å². The maximum atomic E-state index is 9.47. The highest BCUT2D eigenvalue weighted by molar-refractivity contribution is 5.45. The highest BCUT2D eigenvalue weighted by Crippen LogP contribution is 2.31. The minimum atomic E-state index is 0.168. The fraction of sp³-hybridized carbons (Fsp3) is 0.200. The first-order valence-electron chi connectivity index (χ1n) is 5.92. The number of benzene rings is 2. The molecule has 0 aliphatic heterocycles. The molecule has 2 aromatic carbocycles. The quantitative estimate of drug-likeness (QED) is 0.876. The highest BCUT2D eigenvalue weighted by Gasteiger charge is 2.06. The predicted octanol–water partition coefficient (Wildman–Crippen LogP) is 3.37. The van der Waals surface area contributed by atoms with Crippen molar-refractivity contribution in [3.8, 4) is 17.2 Å². The molecule has 18 heavy (non-hydrogen) atoms. The summed E-state index contributed by atoms with van der Waals surface area (Å²) in [5.41, 5.74) is 1.07. The fourth-order valence-corrected chi connectivity index (χ4v) is 1.62.